The topological polar surface area (TPSA) is 67.5 Å². The summed E-state index contributed by atoms with van der Waals surface area (Å²) in [7, 11) is 3.98. The highest BCUT2D eigenvalue weighted by molar-refractivity contribution is 6.30. The van der Waals surface area contributed by atoms with E-state index < -0.39 is 0 Å². The highest BCUT2D eigenvalue weighted by atomic mass is 35.5. The molecule has 0 saturated heterocycles. The van der Waals surface area contributed by atoms with E-state index in [1.807, 2.05) is 14.1 Å². The average Bonchev–Trinajstić information content (AvgIpc) is 3.11. The quantitative estimate of drug-likeness (QED) is 0.776. The molecule has 3 aromatic heterocycles. The van der Waals surface area contributed by atoms with Crippen LogP contribution in [-0.2, 0) is 6.54 Å². The molecular formula is C15H17ClN6O. The van der Waals surface area contributed by atoms with E-state index in [1.165, 1.54) is 0 Å². The predicted molar refractivity (Wildman–Crippen MR) is 88.9 cm³/mol. The Kier molecular flexibility index (Phi) is 4.31. The smallest absolute Gasteiger partial charge is 0.277 e. The summed E-state index contributed by atoms with van der Waals surface area (Å²) in [6.45, 7) is 1.52. The molecule has 120 valence electrons. The molecule has 3 aromatic rings. The van der Waals surface area contributed by atoms with Crippen molar-refractivity contribution in [3.8, 4) is 0 Å². The second-order valence-electron chi connectivity index (χ2n) is 5.44. The van der Waals surface area contributed by atoms with E-state index in [9.17, 15) is 4.79 Å². The zero-order valence-electron chi connectivity index (χ0n) is 12.9. The Morgan fingerprint density at radius 1 is 1.35 bits per heavy atom. The molecule has 1 amide bonds. The molecule has 1 N–H and O–H groups in total. The molecule has 7 nitrogen and oxygen atoms in total. The molecule has 0 spiro atoms. The minimum absolute atomic E-state index is 0.281. The number of likely N-dealkylation sites (N-methyl/N-ethyl adjacent to an activating group) is 1. The lowest BCUT2D eigenvalue weighted by Gasteiger charge is -2.12. The number of nitrogens with one attached hydrogen (secondary N) is 1. The molecule has 0 aliphatic rings. The van der Waals surface area contributed by atoms with Gasteiger partial charge < -0.3 is 10.2 Å². The summed E-state index contributed by atoms with van der Waals surface area (Å²) in [4.78, 5) is 14.4. The van der Waals surface area contributed by atoms with Crippen LogP contribution in [0.1, 0.15) is 10.5 Å². The Labute approximate surface area is 138 Å². The first kappa shape index (κ1) is 15.5. The van der Waals surface area contributed by atoms with Crippen LogP contribution < -0.4 is 5.32 Å². The number of rotatable bonds is 5. The molecule has 23 heavy (non-hydrogen) atoms. The fourth-order valence-electron chi connectivity index (χ4n) is 2.17. The van der Waals surface area contributed by atoms with Gasteiger partial charge in [0.1, 0.15) is 5.82 Å². The summed E-state index contributed by atoms with van der Waals surface area (Å²) >= 11 is 5.95. The molecular weight excluding hydrogens is 316 g/mol. The maximum Gasteiger partial charge on any atom is 0.277 e. The van der Waals surface area contributed by atoms with Crippen molar-refractivity contribution in [3.05, 3.63) is 47.4 Å². The van der Waals surface area contributed by atoms with Crippen molar-refractivity contribution in [1.29, 1.82) is 0 Å². The lowest BCUT2D eigenvalue weighted by molar-refractivity contribution is 0.102. The Morgan fingerprint density at radius 2 is 2.17 bits per heavy atom. The van der Waals surface area contributed by atoms with Gasteiger partial charge in [-0.25, -0.2) is 9.20 Å². The summed E-state index contributed by atoms with van der Waals surface area (Å²) < 4.78 is 3.37. The third kappa shape index (κ3) is 3.52. The highest BCUT2D eigenvalue weighted by Crippen LogP contribution is 2.15. The van der Waals surface area contributed by atoms with Crippen LogP contribution in [0.5, 0.6) is 0 Å². The summed E-state index contributed by atoms with van der Waals surface area (Å²) in [6.07, 6.45) is 3.38. The van der Waals surface area contributed by atoms with Crippen molar-refractivity contribution >= 4 is 28.8 Å². The molecule has 8 heteroatoms. The largest absolute Gasteiger partial charge is 0.308 e. The molecule has 3 rings (SSSR count). The van der Waals surface area contributed by atoms with Gasteiger partial charge in [-0.1, -0.05) is 11.6 Å². The molecule has 0 saturated carbocycles. The molecule has 0 aliphatic carbocycles. The number of hydrogen-bond donors (Lipinski definition) is 1. The zero-order chi connectivity index (χ0) is 16.4. The summed E-state index contributed by atoms with van der Waals surface area (Å²) in [5, 5.41) is 11.9. The SMILES string of the molecule is CN(C)CCn1nccc1NC(=O)c1cc2cc(Cl)ccn2n1. The molecule has 3 heterocycles. The van der Waals surface area contributed by atoms with E-state index in [0.717, 1.165) is 12.1 Å². The third-order valence-corrected chi connectivity index (χ3v) is 3.61. The van der Waals surface area contributed by atoms with Crippen LogP contribution in [-0.4, -0.2) is 50.8 Å². The highest BCUT2D eigenvalue weighted by Gasteiger charge is 2.13. The maximum atomic E-state index is 12.4. The van der Waals surface area contributed by atoms with Crippen molar-refractivity contribution in [3.63, 3.8) is 0 Å². The maximum absolute atomic E-state index is 12.4. The first-order valence-corrected chi connectivity index (χ1v) is 7.53. The Morgan fingerprint density at radius 3 is 2.96 bits per heavy atom. The van der Waals surface area contributed by atoms with Gasteiger partial charge in [-0.3, -0.25) is 4.79 Å². The monoisotopic (exact) mass is 332 g/mol. The average molecular weight is 333 g/mol. The van der Waals surface area contributed by atoms with Gasteiger partial charge in [0.2, 0.25) is 0 Å². The number of carbonyl (C=O) groups is 1. The van der Waals surface area contributed by atoms with Gasteiger partial charge in [0.15, 0.2) is 5.69 Å². The summed E-state index contributed by atoms with van der Waals surface area (Å²) in [5.74, 6) is 0.364. The molecule has 0 aliphatic heterocycles. The van der Waals surface area contributed by atoms with Gasteiger partial charge in [-0.05, 0) is 32.3 Å². The van der Waals surface area contributed by atoms with Crippen molar-refractivity contribution < 1.29 is 4.79 Å². The minimum Gasteiger partial charge on any atom is -0.308 e. The van der Waals surface area contributed by atoms with Gasteiger partial charge >= 0.3 is 0 Å². The molecule has 0 atom stereocenters. The number of amides is 1. The number of pyridine rings is 1. The third-order valence-electron chi connectivity index (χ3n) is 3.38. The first-order valence-electron chi connectivity index (χ1n) is 7.16. The minimum atomic E-state index is -0.281. The van der Waals surface area contributed by atoms with Gasteiger partial charge in [-0.2, -0.15) is 10.2 Å². The molecule has 0 unspecified atom stereocenters. The lowest BCUT2D eigenvalue weighted by atomic mass is 10.3. The molecule has 0 aromatic carbocycles. The van der Waals surface area contributed by atoms with Crippen LogP contribution in [0.4, 0.5) is 5.82 Å². The van der Waals surface area contributed by atoms with E-state index in [0.29, 0.717) is 23.1 Å². The standard InChI is InChI=1S/C15H17ClN6O/c1-20(2)7-8-22-14(3-5-17-22)18-15(23)13-10-12-9-11(16)4-6-21(12)19-13/h3-6,9-10H,7-8H2,1-2H3,(H,18,23). The summed E-state index contributed by atoms with van der Waals surface area (Å²) in [5.41, 5.74) is 1.09. The fourth-order valence-corrected chi connectivity index (χ4v) is 2.34. The fraction of sp³-hybridized carbons (Fsp3) is 0.267. The Hall–Kier alpha value is -2.38. The summed E-state index contributed by atoms with van der Waals surface area (Å²) in [6, 6.07) is 6.94. The van der Waals surface area contributed by atoms with Crippen molar-refractivity contribution in [2.45, 2.75) is 6.54 Å². The van der Waals surface area contributed by atoms with E-state index in [-0.39, 0.29) is 5.91 Å². The molecule has 0 radical (unpaired) electrons. The Bertz CT molecular complexity index is 837. The zero-order valence-corrected chi connectivity index (χ0v) is 13.7. The van der Waals surface area contributed by atoms with Gasteiger partial charge in [-0.15, -0.1) is 0 Å². The van der Waals surface area contributed by atoms with Crippen LogP contribution >= 0.6 is 11.6 Å². The number of nitrogens with zero attached hydrogens (tertiary/aromatic N) is 5. The van der Waals surface area contributed by atoms with Crippen LogP contribution in [0.25, 0.3) is 5.52 Å². The Balaban J connectivity index is 1.77. The van der Waals surface area contributed by atoms with E-state index in [4.69, 9.17) is 11.6 Å². The van der Waals surface area contributed by atoms with Crippen LogP contribution in [0.2, 0.25) is 5.02 Å². The van der Waals surface area contributed by atoms with E-state index in [1.54, 1.807) is 45.9 Å². The van der Waals surface area contributed by atoms with Gasteiger partial charge in [0.05, 0.1) is 18.3 Å². The normalized spacial score (nSPS) is 11.3. The number of anilines is 1. The van der Waals surface area contributed by atoms with Gasteiger partial charge in [0.25, 0.3) is 5.91 Å². The molecule has 0 bridgehead atoms. The number of halogens is 1. The van der Waals surface area contributed by atoms with Crippen molar-refractivity contribution in [2.24, 2.45) is 0 Å². The van der Waals surface area contributed by atoms with Crippen LogP contribution in [0.15, 0.2) is 36.7 Å². The number of fused-ring (bicyclic) bond motifs is 1. The van der Waals surface area contributed by atoms with E-state index in [2.05, 4.69) is 20.4 Å². The molecule has 0 fully saturated rings. The van der Waals surface area contributed by atoms with Crippen LogP contribution in [0, 0.1) is 0 Å². The predicted octanol–water partition coefficient (Wildman–Crippen LogP) is 2.00. The number of hydrogen-bond acceptors (Lipinski definition) is 4. The van der Waals surface area contributed by atoms with E-state index >= 15 is 0 Å². The van der Waals surface area contributed by atoms with Crippen molar-refractivity contribution in [2.75, 3.05) is 26.0 Å². The van der Waals surface area contributed by atoms with Crippen LogP contribution in [0.3, 0.4) is 0 Å². The first-order chi connectivity index (χ1) is 11.0. The second-order valence-corrected chi connectivity index (χ2v) is 5.88. The van der Waals surface area contributed by atoms with Crippen molar-refractivity contribution in [1.82, 2.24) is 24.3 Å². The number of carbonyl (C=O) groups excluding carboxylic acids is 1. The second kappa shape index (κ2) is 6.39. The number of aromatic nitrogens is 4. The van der Waals surface area contributed by atoms with Gasteiger partial charge in [0, 0.05) is 23.8 Å². The lowest BCUT2D eigenvalue weighted by Crippen LogP contribution is -2.22.